The molecule has 0 N–H and O–H groups in total. The smallest absolute Gasteiger partial charge is 0.159 e. The molecule has 2 heterocycles. The lowest BCUT2D eigenvalue weighted by Crippen LogP contribution is -1.85. The van der Waals surface area contributed by atoms with Crippen LogP contribution in [0.1, 0.15) is 0 Å². The quantitative estimate of drug-likeness (QED) is 0.630. The predicted molar refractivity (Wildman–Crippen MR) is 78.0 cm³/mol. The van der Waals surface area contributed by atoms with E-state index >= 15 is 0 Å². The van der Waals surface area contributed by atoms with Crippen molar-refractivity contribution in [3.63, 3.8) is 0 Å². The topological polar surface area (TPSA) is 12.9 Å². The van der Waals surface area contributed by atoms with Crippen molar-refractivity contribution < 1.29 is 8.78 Å². The molecular formula is C13H8ClF2NS2. The van der Waals surface area contributed by atoms with Gasteiger partial charge in [0.1, 0.15) is 5.01 Å². The molecular weight excluding hydrogens is 308 g/mol. The van der Waals surface area contributed by atoms with Crippen LogP contribution in [0.5, 0.6) is 0 Å². The second kappa shape index (κ2) is 5.77. The lowest BCUT2D eigenvalue weighted by Gasteiger charge is -1.97. The van der Waals surface area contributed by atoms with Gasteiger partial charge in [0.25, 0.3) is 0 Å². The Labute approximate surface area is 123 Å². The zero-order valence-electron chi connectivity index (χ0n) is 9.47. The largest absolute Gasteiger partial charge is 0.236 e. The fourth-order valence-corrected chi connectivity index (χ4v) is 3.12. The number of halogens is 3. The maximum Gasteiger partial charge on any atom is 0.159 e. The Morgan fingerprint density at radius 3 is 2.47 bits per heavy atom. The van der Waals surface area contributed by atoms with Crippen molar-refractivity contribution in [2.24, 2.45) is 0 Å². The predicted octanol–water partition coefficient (Wildman–Crippen LogP) is 5.24. The van der Waals surface area contributed by atoms with Crippen molar-refractivity contribution in [2.75, 3.05) is 0 Å². The summed E-state index contributed by atoms with van der Waals surface area (Å²) >= 11 is 3.09. The molecule has 1 aromatic carbocycles. The van der Waals surface area contributed by atoms with Gasteiger partial charge in [-0.15, -0.1) is 23.7 Å². The molecule has 0 aliphatic rings. The number of rotatable bonds is 2. The fraction of sp³-hybridized carbons (Fsp3) is 0. The van der Waals surface area contributed by atoms with Crippen LogP contribution >= 0.6 is 35.1 Å². The molecule has 2 aromatic heterocycles. The first kappa shape index (κ1) is 14.1. The first-order valence-corrected chi connectivity index (χ1v) is 7.00. The second-order valence-electron chi connectivity index (χ2n) is 3.68. The lowest BCUT2D eigenvalue weighted by atomic mass is 10.1. The van der Waals surface area contributed by atoms with E-state index in [2.05, 4.69) is 4.98 Å². The third-order valence-electron chi connectivity index (χ3n) is 2.49. The first-order chi connectivity index (χ1) is 8.74. The van der Waals surface area contributed by atoms with Crippen LogP contribution in [0.15, 0.2) is 40.4 Å². The summed E-state index contributed by atoms with van der Waals surface area (Å²) in [4.78, 5) is 4.43. The highest BCUT2D eigenvalue weighted by Crippen LogP contribution is 2.30. The Kier molecular flexibility index (Phi) is 4.29. The van der Waals surface area contributed by atoms with Crippen molar-refractivity contribution in [3.8, 4) is 21.8 Å². The molecule has 3 rings (SSSR count). The van der Waals surface area contributed by atoms with Gasteiger partial charge < -0.3 is 0 Å². The Morgan fingerprint density at radius 2 is 1.79 bits per heavy atom. The normalized spacial score (nSPS) is 10.2. The van der Waals surface area contributed by atoms with Crippen LogP contribution in [0.3, 0.4) is 0 Å². The Bertz CT molecular complexity index is 680. The molecule has 1 nitrogen and oxygen atoms in total. The van der Waals surface area contributed by atoms with Gasteiger partial charge in [-0.3, -0.25) is 0 Å². The summed E-state index contributed by atoms with van der Waals surface area (Å²) < 4.78 is 26.0. The van der Waals surface area contributed by atoms with Crippen LogP contribution in [-0.2, 0) is 0 Å². The molecule has 6 heteroatoms. The molecule has 0 saturated heterocycles. The fourth-order valence-electron chi connectivity index (χ4n) is 1.58. The summed E-state index contributed by atoms with van der Waals surface area (Å²) in [7, 11) is 0. The van der Waals surface area contributed by atoms with E-state index in [1.54, 1.807) is 11.3 Å². The van der Waals surface area contributed by atoms with E-state index < -0.39 is 11.6 Å². The second-order valence-corrected chi connectivity index (χ2v) is 5.32. The summed E-state index contributed by atoms with van der Waals surface area (Å²) in [5, 5.41) is 6.72. The number of hydrogen-bond donors (Lipinski definition) is 0. The zero-order valence-corrected chi connectivity index (χ0v) is 11.9. The van der Waals surface area contributed by atoms with Gasteiger partial charge in [0, 0.05) is 21.9 Å². The van der Waals surface area contributed by atoms with E-state index in [4.69, 9.17) is 0 Å². The Morgan fingerprint density at radius 1 is 0.947 bits per heavy atom. The minimum atomic E-state index is -0.849. The number of hydrogen-bond acceptors (Lipinski definition) is 3. The van der Waals surface area contributed by atoms with Gasteiger partial charge in [-0.2, -0.15) is 11.3 Å². The molecule has 0 saturated carbocycles. The summed E-state index contributed by atoms with van der Waals surface area (Å²) in [6.07, 6.45) is 0. The Hall–Kier alpha value is -1.30. The van der Waals surface area contributed by atoms with E-state index in [1.807, 2.05) is 22.2 Å². The monoisotopic (exact) mass is 315 g/mol. The molecule has 0 unspecified atom stereocenters. The van der Waals surface area contributed by atoms with Crippen molar-refractivity contribution >= 4 is 35.1 Å². The minimum absolute atomic E-state index is 0. The molecule has 0 aliphatic heterocycles. The van der Waals surface area contributed by atoms with Crippen molar-refractivity contribution in [1.29, 1.82) is 0 Å². The zero-order chi connectivity index (χ0) is 12.5. The molecule has 0 bridgehead atoms. The van der Waals surface area contributed by atoms with Gasteiger partial charge in [0.15, 0.2) is 11.6 Å². The maximum absolute atomic E-state index is 13.1. The van der Waals surface area contributed by atoms with E-state index in [9.17, 15) is 8.78 Å². The summed E-state index contributed by atoms with van der Waals surface area (Å²) in [6.45, 7) is 0. The number of aromatic nitrogens is 1. The van der Waals surface area contributed by atoms with Gasteiger partial charge in [0.2, 0.25) is 0 Å². The van der Waals surface area contributed by atoms with E-state index in [1.165, 1.54) is 23.5 Å². The van der Waals surface area contributed by atoms with Crippen LogP contribution in [0.2, 0.25) is 0 Å². The SMILES string of the molecule is Cl.Fc1ccc(-c2csc(-c3ccsc3)n2)cc1F. The third-order valence-corrected chi connectivity index (χ3v) is 4.06. The van der Waals surface area contributed by atoms with Gasteiger partial charge >= 0.3 is 0 Å². The van der Waals surface area contributed by atoms with Gasteiger partial charge in [-0.1, -0.05) is 0 Å². The Balaban J connectivity index is 0.00000133. The standard InChI is InChI=1S/C13H7F2NS2.ClH/c14-10-2-1-8(5-11(10)15)12-7-18-13(16-12)9-3-4-17-6-9;/h1-7H;1H. The molecule has 3 aromatic rings. The minimum Gasteiger partial charge on any atom is -0.236 e. The average molecular weight is 316 g/mol. The molecule has 0 amide bonds. The summed E-state index contributed by atoms with van der Waals surface area (Å²) in [6, 6.07) is 5.81. The van der Waals surface area contributed by atoms with Crippen LogP contribution in [0, 0.1) is 11.6 Å². The first-order valence-electron chi connectivity index (χ1n) is 5.17. The van der Waals surface area contributed by atoms with Crippen LogP contribution in [0.25, 0.3) is 21.8 Å². The van der Waals surface area contributed by atoms with E-state index in [0.29, 0.717) is 11.3 Å². The average Bonchev–Trinajstić information content (AvgIpc) is 3.01. The summed E-state index contributed by atoms with van der Waals surface area (Å²) in [5.74, 6) is -1.69. The van der Waals surface area contributed by atoms with Crippen LogP contribution < -0.4 is 0 Å². The molecule has 0 radical (unpaired) electrons. The van der Waals surface area contributed by atoms with E-state index in [0.717, 1.165) is 16.6 Å². The van der Waals surface area contributed by atoms with E-state index in [-0.39, 0.29) is 12.4 Å². The number of thiophene rings is 1. The lowest BCUT2D eigenvalue weighted by molar-refractivity contribution is 0.509. The molecule has 0 fully saturated rings. The summed E-state index contributed by atoms with van der Waals surface area (Å²) in [5.41, 5.74) is 2.31. The number of benzene rings is 1. The van der Waals surface area contributed by atoms with Gasteiger partial charge in [-0.05, 0) is 29.6 Å². The van der Waals surface area contributed by atoms with Gasteiger partial charge in [-0.25, -0.2) is 13.8 Å². The molecule has 0 aliphatic carbocycles. The molecule has 0 atom stereocenters. The van der Waals surface area contributed by atoms with Crippen LogP contribution in [-0.4, -0.2) is 4.98 Å². The molecule has 0 spiro atoms. The molecule has 19 heavy (non-hydrogen) atoms. The highest BCUT2D eigenvalue weighted by molar-refractivity contribution is 7.14. The third kappa shape index (κ3) is 2.83. The van der Waals surface area contributed by atoms with Crippen LogP contribution in [0.4, 0.5) is 8.78 Å². The van der Waals surface area contributed by atoms with Gasteiger partial charge in [0.05, 0.1) is 5.69 Å². The highest BCUT2D eigenvalue weighted by Gasteiger charge is 2.09. The highest BCUT2D eigenvalue weighted by atomic mass is 35.5. The van der Waals surface area contributed by atoms with Crippen molar-refractivity contribution in [2.45, 2.75) is 0 Å². The number of thiazole rings is 1. The molecule has 98 valence electrons. The van der Waals surface area contributed by atoms with Crippen molar-refractivity contribution in [3.05, 3.63) is 52.0 Å². The van der Waals surface area contributed by atoms with Crippen molar-refractivity contribution in [1.82, 2.24) is 4.98 Å². The number of nitrogens with zero attached hydrogens (tertiary/aromatic N) is 1. The maximum atomic E-state index is 13.1.